The van der Waals surface area contributed by atoms with Crippen LogP contribution in [0.2, 0.25) is 0 Å². The number of nitrogens with two attached hydrogens (primary N) is 1. The van der Waals surface area contributed by atoms with Gasteiger partial charge in [-0.15, -0.1) is 0 Å². The summed E-state index contributed by atoms with van der Waals surface area (Å²) in [7, 11) is 0. The van der Waals surface area contributed by atoms with Crippen molar-refractivity contribution in [3.05, 3.63) is 35.4 Å². The number of halogens is 2. The predicted molar refractivity (Wildman–Crippen MR) is 72.8 cm³/mol. The predicted octanol–water partition coefficient (Wildman–Crippen LogP) is 2.66. The molecule has 3 unspecified atom stereocenters. The number of amides is 1. The first-order valence-corrected chi connectivity index (χ1v) is 6.98. The molecule has 1 fully saturated rings. The first-order chi connectivity index (χ1) is 9.47. The number of hydrogen-bond acceptors (Lipinski definition) is 2. The molecule has 1 saturated carbocycles. The summed E-state index contributed by atoms with van der Waals surface area (Å²) in [6, 6.07) is 2.75. The molecule has 1 aromatic carbocycles. The van der Waals surface area contributed by atoms with Crippen LogP contribution in [0.15, 0.2) is 18.2 Å². The number of rotatable bonds is 3. The van der Waals surface area contributed by atoms with Crippen molar-refractivity contribution in [2.24, 2.45) is 11.7 Å². The molecule has 0 aliphatic heterocycles. The third-order valence-electron chi connectivity index (χ3n) is 3.87. The minimum atomic E-state index is -0.559. The SMILES string of the molecule is CC(NC(=O)C1CCCC(N)C1)c1cc(F)ccc1F. The number of carbonyl (C=O) groups excluding carboxylic acids is 1. The van der Waals surface area contributed by atoms with Crippen LogP contribution in [0.4, 0.5) is 8.78 Å². The van der Waals surface area contributed by atoms with E-state index < -0.39 is 17.7 Å². The Morgan fingerprint density at radius 1 is 1.40 bits per heavy atom. The van der Waals surface area contributed by atoms with Gasteiger partial charge in [0.15, 0.2) is 0 Å². The van der Waals surface area contributed by atoms with E-state index in [0.717, 1.165) is 37.5 Å². The molecule has 0 aromatic heterocycles. The van der Waals surface area contributed by atoms with Gasteiger partial charge in [0.1, 0.15) is 11.6 Å². The van der Waals surface area contributed by atoms with Gasteiger partial charge in [-0.05, 0) is 44.4 Å². The second kappa shape index (κ2) is 6.31. The molecule has 3 N–H and O–H groups in total. The van der Waals surface area contributed by atoms with E-state index >= 15 is 0 Å². The summed E-state index contributed by atoms with van der Waals surface area (Å²) in [5.41, 5.74) is 6.02. The summed E-state index contributed by atoms with van der Waals surface area (Å²) >= 11 is 0. The first-order valence-electron chi connectivity index (χ1n) is 6.98. The lowest BCUT2D eigenvalue weighted by molar-refractivity contribution is -0.126. The topological polar surface area (TPSA) is 55.1 Å². The number of nitrogens with one attached hydrogen (secondary N) is 1. The minimum Gasteiger partial charge on any atom is -0.349 e. The van der Waals surface area contributed by atoms with Crippen molar-refractivity contribution in [1.29, 1.82) is 0 Å². The van der Waals surface area contributed by atoms with E-state index in [2.05, 4.69) is 5.32 Å². The Labute approximate surface area is 117 Å². The second-order valence-electron chi connectivity index (χ2n) is 5.52. The third-order valence-corrected chi connectivity index (χ3v) is 3.87. The third kappa shape index (κ3) is 3.54. The van der Waals surface area contributed by atoms with Crippen molar-refractivity contribution < 1.29 is 13.6 Å². The van der Waals surface area contributed by atoms with Gasteiger partial charge in [-0.25, -0.2) is 8.78 Å². The van der Waals surface area contributed by atoms with Crippen LogP contribution in [0, 0.1) is 17.6 Å². The summed E-state index contributed by atoms with van der Waals surface area (Å²) < 4.78 is 26.8. The summed E-state index contributed by atoms with van der Waals surface area (Å²) in [6.07, 6.45) is 3.34. The molecule has 110 valence electrons. The molecule has 0 saturated heterocycles. The lowest BCUT2D eigenvalue weighted by atomic mass is 9.85. The zero-order chi connectivity index (χ0) is 14.7. The molecule has 1 amide bonds. The van der Waals surface area contributed by atoms with E-state index in [9.17, 15) is 13.6 Å². The van der Waals surface area contributed by atoms with Crippen LogP contribution < -0.4 is 11.1 Å². The fraction of sp³-hybridized carbons (Fsp3) is 0.533. The van der Waals surface area contributed by atoms with E-state index in [1.165, 1.54) is 0 Å². The lowest BCUT2D eigenvalue weighted by Gasteiger charge is -2.27. The monoisotopic (exact) mass is 282 g/mol. The zero-order valence-electron chi connectivity index (χ0n) is 11.5. The molecule has 0 bridgehead atoms. The molecule has 20 heavy (non-hydrogen) atoms. The molecular weight excluding hydrogens is 262 g/mol. The van der Waals surface area contributed by atoms with Gasteiger partial charge in [0.25, 0.3) is 0 Å². The molecule has 3 nitrogen and oxygen atoms in total. The van der Waals surface area contributed by atoms with Gasteiger partial charge >= 0.3 is 0 Å². The zero-order valence-corrected chi connectivity index (χ0v) is 11.5. The number of carbonyl (C=O) groups is 1. The molecule has 0 heterocycles. The molecule has 3 atom stereocenters. The molecule has 1 aromatic rings. The van der Waals surface area contributed by atoms with Crippen LogP contribution in [0.5, 0.6) is 0 Å². The minimum absolute atomic E-state index is 0.0562. The highest BCUT2D eigenvalue weighted by Gasteiger charge is 2.26. The Morgan fingerprint density at radius 3 is 2.85 bits per heavy atom. The van der Waals surface area contributed by atoms with Gasteiger partial charge in [0.05, 0.1) is 6.04 Å². The Balaban J connectivity index is 2.01. The maximum atomic E-state index is 13.6. The van der Waals surface area contributed by atoms with Crippen molar-refractivity contribution in [2.45, 2.75) is 44.7 Å². The van der Waals surface area contributed by atoms with Gasteiger partial charge in [-0.1, -0.05) is 6.42 Å². The first kappa shape index (κ1) is 14.9. The average molecular weight is 282 g/mol. The highest BCUT2D eigenvalue weighted by Crippen LogP contribution is 2.25. The molecule has 0 spiro atoms. The molecule has 1 aliphatic rings. The van der Waals surface area contributed by atoms with Crippen molar-refractivity contribution in [2.75, 3.05) is 0 Å². The normalized spacial score (nSPS) is 24.2. The van der Waals surface area contributed by atoms with Crippen molar-refractivity contribution in [1.82, 2.24) is 5.32 Å². The number of benzene rings is 1. The van der Waals surface area contributed by atoms with E-state index in [1.807, 2.05) is 0 Å². The van der Waals surface area contributed by atoms with E-state index in [1.54, 1.807) is 6.92 Å². The molecule has 1 aliphatic carbocycles. The van der Waals surface area contributed by atoms with Crippen molar-refractivity contribution in [3.63, 3.8) is 0 Å². The molecule has 2 rings (SSSR count). The maximum absolute atomic E-state index is 13.6. The fourth-order valence-electron chi connectivity index (χ4n) is 2.72. The van der Waals surface area contributed by atoms with E-state index in [0.29, 0.717) is 6.42 Å². The van der Waals surface area contributed by atoms with Crippen molar-refractivity contribution in [3.8, 4) is 0 Å². The summed E-state index contributed by atoms with van der Waals surface area (Å²) in [5.74, 6) is -1.28. The molecular formula is C15H20F2N2O. The van der Waals surface area contributed by atoms with Crippen molar-refractivity contribution >= 4 is 5.91 Å². The Bertz CT molecular complexity index is 493. The van der Waals surface area contributed by atoms with Gasteiger partial charge in [0, 0.05) is 17.5 Å². The highest BCUT2D eigenvalue weighted by atomic mass is 19.1. The summed E-state index contributed by atoms with van der Waals surface area (Å²) in [6.45, 7) is 1.65. The van der Waals surface area contributed by atoms with Crippen LogP contribution >= 0.6 is 0 Å². The van der Waals surface area contributed by atoms with Crippen LogP contribution in [-0.2, 0) is 4.79 Å². The number of hydrogen-bond donors (Lipinski definition) is 2. The summed E-state index contributed by atoms with van der Waals surface area (Å²) in [4.78, 5) is 12.1. The molecule has 5 heteroatoms. The van der Waals surface area contributed by atoms with Crippen LogP contribution in [-0.4, -0.2) is 11.9 Å². The molecule has 0 radical (unpaired) electrons. The fourth-order valence-corrected chi connectivity index (χ4v) is 2.72. The smallest absolute Gasteiger partial charge is 0.223 e. The van der Waals surface area contributed by atoms with Gasteiger partial charge < -0.3 is 11.1 Å². The quantitative estimate of drug-likeness (QED) is 0.895. The van der Waals surface area contributed by atoms with E-state index in [4.69, 9.17) is 5.73 Å². The standard InChI is InChI=1S/C15H20F2N2O/c1-9(13-8-11(16)5-6-14(13)17)19-15(20)10-3-2-4-12(18)7-10/h5-6,8-10,12H,2-4,7,18H2,1H3,(H,19,20). The second-order valence-corrected chi connectivity index (χ2v) is 5.52. The van der Waals surface area contributed by atoms with Gasteiger partial charge in [-0.3, -0.25) is 4.79 Å². The maximum Gasteiger partial charge on any atom is 0.223 e. The Hall–Kier alpha value is -1.49. The van der Waals surface area contributed by atoms with E-state index in [-0.39, 0.29) is 23.4 Å². The Kier molecular flexibility index (Phi) is 4.70. The largest absolute Gasteiger partial charge is 0.349 e. The van der Waals surface area contributed by atoms with Crippen LogP contribution in [0.25, 0.3) is 0 Å². The lowest BCUT2D eigenvalue weighted by Crippen LogP contribution is -2.38. The van der Waals surface area contributed by atoms with Crippen LogP contribution in [0.3, 0.4) is 0 Å². The Morgan fingerprint density at radius 2 is 2.15 bits per heavy atom. The summed E-state index contributed by atoms with van der Waals surface area (Å²) in [5, 5.41) is 2.75. The van der Waals surface area contributed by atoms with Gasteiger partial charge in [0.2, 0.25) is 5.91 Å². The average Bonchev–Trinajstić information content (AvgIpc) is 2.41. The van der Waals surface area contributed by atoms with Gasteiger partial charge in [-0.2, -0.15) is 0 Å². The highest BCUT2D eigenvalue weighted by molar-refractivity contribution is 5.79. The van der Waals surface area contributed by atoms with Crippen LogP contribution in [0.1, 0.15) is 44.2 Å².